The zero-order valence-corrected chi connectivity index (χ0v) is 11.9. The summed E-state index contributed by atoms with van der Waals surface area (Å²) < 4.78 is 16.4. The van der Waals surface area contributed by atoms with Gasteiger partial charge in [0.25, 0.3) is 0 Å². The highest BCUT2D eigenvalue weighted by atomic mass is 16.5. The lowest BCUT2D eigenvalue weighted by Gasteiger charge is -2.29. The van der Waals surface area contributed by atoms with E-state index in [0.29, 0.717) is 26.2 Å². The van der Waals surface area contributed by atoms with Crippen molar-refractivity contribution in [3.63, 3.8) is 0 Å². The van der Waals surface area contributed by atoms with Gasteiger partial charge in [-0.1, -0.05) is 0 Å². The summed E-state index contributed by atoms with van der Waals surface area (Å²) in [5.41, 5.74) is -0.467. The maximum atomic E-state index is 8.89. The van der Waals surface area contributed by atoms with Crippen molar-refractivity contribution in [2.45, 2.75) is 51.7 Å². The normalized spacial score (nSPS) is 13.1. The molecule has 0 aliphatic carbocycles. The van der Waals surface area contributed by atoms with Gasteiger partial charge in [-0.25, -0.2) is 0 Å². The van der Waals surface area contributed by atoms with E-state index in [1.165, 1.54) is 0 Å². The van der Waals surface area contributed by atoms with Crippen molar-refractivity contribution in [2.75, 3.05) is 33.5 Å². The van der Waals surface area contributed by atoms with E-state index in [2.05, 4.69) is 0 Å². The van der Waals surface area contributed by atoms with E-state index in [1.54, 1.807) is 7.11 Å². The minimum absolute atomic E-state index is 0.154. The Morgan fingerprint density at radius 1 is 0.824 bits per heavy atom. The highest BCUT2D eigenvalue weighted by Crippen LogP contribution is 2.19. The van der Waals surface area contributed by atoms with Crippen LogP contribution in [0.4, 0.5) is 0 Å². The molecule has 104 valence electrons. The summed E-state index contributed by atoms with van der Waals surface area (Å²) in [6, 6.07) is 0. The third-order valence-corrected chi connectivity index (χ3v) is 2.69. The van der Waals surface area contributed by atoms with E-state index >= 15 is 0 Å². The third kappa shape index (κ3) is 9.53. The average Bonchev–Trinajstić information content (AvgIpc) is 2.16. The van der Waals surface area contributed by atoms with Gasteiger partial charge in [-0.15, -0.1) is 0 Å². The fourth-order valence-electron chi connectivity index (χ4n) is 1.39. The molecular weight excluding hydrogens is 220 g/mol. The molecule has 0 aliphatic rings. The van der Waals surface area contributed by atoms with Gasteiger partial charge in [0.05, 0.1) is 31.0 Å². The fraction of sp³-hybridized carbons (Fsp3) is 1.00. The van der Waals surface area contributed by atoms with Crippen molar-refractivity contribution in [2.24, 2.45) is 0 Å². The average molecular weight is 248 g/mol. The van der Waals surface area contributed by atoms with Crippen LogP contribution in [0.25, 0.3) is 0 Å². The van der Waals surface area contributed by atoms with Gasteiger partial charge in [-0.3, -0.25) is 0 Å². The number of methoxy groups -OCH3 is 1. The zero-order valence-electron chi connectivity index (χ0n) is 11.9. The molecule has 0 saturated carbocycles. The lowest BCUT2D eigenvalue weighted by Crippen LogP contribution is -2.32. The molecule has 0 saturated heterocycles. The molecule has 4 heteroatoms. The SMILES string of the molecule is COCCOC(C)(C)CCOC(C)(C)CCO. The molecule has 0 bridgehead atoms. The number of rotatable bonds is 10. The van der Waals surface area contributed by atoms with Gasteiger partial charge < -0.3 is 19.3 Å². The molecule has 0 aromatic rings. The molecule has 0 unspecified atom stereocenters. The Labute approximate surface area is 105 Å². The first kappa shape index (κ1) is 16.8. The molecular formula is C13H28O4. The van der Waals surface area contributed by atoms with E-state index in [4.69, 9.17) is 19.3 Å². The Hall–Kier alpha value is -0.160. The molecule has 0 atom stereocenters. The summed E-state index contributed by atoms with van der Waals surface area (Å²) in [5, 5.41) is 8.89. The van der Waals surface area contributed by atoms with Crippen LogP contribution in [-0.2, 0) is 14.2 Å². The Morgan fingerprint density at radius 2 is 1.35 bits per heavy atom. The van der Waals surface area contributed by atoms with E-state index in [0.717, 1.165) is 6.42 Å². The highest BCUT2D eigenvalue weighted by Gasteiger charge is 2.22. The predicted octanol–water partition coefficient (Wildman–Crippen LogP) is 2.00. The second-order valence-electron chi connectivity index (χ2n) is 5.43. The van der Waals surface area contributed by atoms with Gasteiger partial charge in [0.2, 0.25) is 0 Å². The second kappa shape index (κ2) is 8.03. The van der Waals surface area contributed by atoms with Crippen molar-refractivity contribution in [1.82, 2.24) is 0 Å². The van der Waals surface area contributed by atoms with Crippen molar-refractivity contribution >= 4 is 0 Å². The Bertz CT molecular complexity index is 190. The second-order valence-corrected chi connectivity index (χ2v) is 5.43. The largest absolute Gasteiger partial charge is 0.396 e. The summed E-state index contributed by atoms with van der Waals surface area (Å²) in [4.78, 5) is 0. The molecule has 0 radical (unpaired) electrons. The monoisotopic (exact) mass is 248 g/mol. The van der Waals surface area contributed by atoms with Crippen LogP contribution in [0, 0.1) is 0 Å². The first-order valence-electron chi connectivity index (χ1n) is 6.21. The topological polar surface area (TPSA) is 47.9 Å². The number of hydrogen-bond donors (Lipinski definition) is 1. The lowest BCUT2D eigenvalue weighted by atomic mass is 10.0. The first-order chi connectivity index (χ1) is 7.83. The molecule has 0 spiro atoms. The molecule has 0 aliphatic heterocycles. The Kier molecular flexibility index (Phi) is 7.96. The van der Waals surface area contributed by atoms with Crippen LogP contribution in [0.3, 0.4) is 0 Å². The number of aliphatic hydroxyl groups excluding tert-OH is 1. The van der Waals surface area contributed by atoms with Crippen LogP contribution < -0.4 is 0 Å². The molecule has 0 heterocycles. The van der Waals surface area contributed by atoms with Crippen molar-refractivity contribution < 1.29 is 19.3 Å². The molecule has 4 nitrogen and oxygen atoms in total. The minimum atomic E-state index is -0.267. The summed E-state index contributed by atoms with van der Waals surface area (Å²) >= 11 is 0. The van der Waals surface area contributed by atoms with Crippen molar-refractivity contribution in [3.05, 3.63) is 0 Å². The summed E-state index contributed by atoms with van der Waals surface area (Å²) in [7, 11) is 1.66. The molecule has 0 aromatic heterocycles. The van der Waals surface area contributed by atoms with E-state index in [-0.39, 0.29) is 17.8 Å². The third-order valence-electron chi connectivity index (χ3n) is 2.69. The quantitative estimate of drug-likeness (QED) is 0.601. The molecule has 0 fully saturated rings. The number of aliphatic hydroxyl groups is 1. The van der Waals surface area contributed by atoms with Crippen LogP contribution in [0.15, 0.2) is 0 Å². The Morgan fingerprint density at radius 3 is 1.88 bits per heavy atom. The highest BCUT2D eigenvalue weighted by molar-refractivity contribution is 4.71. The van der Waals surface area contributed by atoms with E-state index < -0.39 is 0 Å². The summed E-state index contributed by atoms with van der Waals surface area (Å²) in [6.45, 7) is 10.1. The predicted molar refractivity (Wildman–Crippen MR) is 68.3 cm³/mol. The lowest BCUT2D eigenvalue weighted by molar-refractivity contribution is -0.0846. The maximum Gasteiger partial charge on any atom is 0.0707 e. The van der Waals surface area contributed by atoms with Gasteiger partial charge in [-0.05, 0) is 40.5 Å². The smallest absolute Gasteiger partial charge is 0.0707 e. The minimum Gasteiger partial charge on any atom is -0.396 e. The first-order valence-corrected chi connectivity index (χ1v) is 6.21. The van der Waals surface area contributed by atoms with Crippen LogP contribution in [0.5, 0.6) is 0 Å². The van der Waals surface area contributed by atoms with Crippen LogP contribution in [0.1, 0.15) is 40.5 Å². The van der Waals surface area contributed by atoms with E-state index in [1.807, 2.05) is 27.7 Å². The van der Waals surface area contributed by atoms with Gasteiger partial charge in [0, 0.05) is 13.7 Å². The molecule has 0 aromatic carbocycles. The number of hydrogen-bond acceptors (Lipinski definition) is 4. The van der Waals surface area contributed by atoms with Crippen LogP contribution >= 0.6 is 0 Å². The van der Waals surface area contributed by atoms with E-state index in [9.17, 15) is 0 Å². The van der Waals surface area contributed by atoms with Gasteiger partial charge >= 0.3 is 0 Å². The Balaban J connectivity index is 3.77. The zero-order chi connectivity index (χ0) is 13.4. The van der Waals surface area contributed by atoms with Crippen LogP contribution in [0.2, 0.25) is 0 Å². The number of ether oxygens (including phenoxy) is 3. The van der Waals surface area contributed by atoms with Crippen molar-refractivity contribution in [3.8, 4) is 0 Å². The molecule has 1 N–H and O–H groups in total. The standard InChI is InChI=1S/C13H28O4/c1-12(2,6-8-14)16-9-7-13(3,4)17-11-10-15-5/h14H,6-11H2,1-5H3. The van der Waals surface area contributed by atoms with Gasteiger partial charge in [-0.2, -0.15) is 0 Å². The molecule has 0 rings (SSSR count). The van der Waals surface area contributed by atoms with Gasteiger partial charge in [0.15, 0.2) is 0 Å². The van der Waals surface area contributed by atoms with Gasteiger partial charge in [0.1, 0.15) is 0 Å². The van der Waals surface area contributed by atoms with Crippen molar-refractivity contribution in [1.29, 1.82) is 0 Å². The maximum absolute atomic E-state index is 8.89. The molecule has 0 amide bonds. The summed E-state index contributed by atoms with van der Waals surface area (Å²) in [6.07, 6.45) is 1.48. The molecule has 17 heavy (non-hydrogen) atoms. The fourth-order valence-corrected chi connectivity index (χ4v) is 1.39. The van der Waals surface area contributed by atoms with Crippen LogP contribution in [-0.4, -0.2) is 49.8 Å². The summed E-state index contributed by atoms with van der Waals surface area (Å²) in [5.74, 6) is 0.